The minimum Gasteiger partial charge on any atom is -0.367 e. The van der Waals surface area contributed by atoms with Crippen LogP contribution in [0.1, 0.15) is 18.9 Å². The number of carbonyl (C=O) groups is 1. The molecule has 0 atom stereocenters. The van der Waals surface area contributed by atoms with Crippen LogP contribution in [0.4, 0.5) is 17.5 Å². The lowest BCUT2D eigenvalue weighted by Gasteiger charge is -2.07. The molecule has 0 unspecified atom stereocenters. The Hall–Kier alpha value is -2.70. The number of nitrogens with zero attached hydrogens (tertiary/aromatic N) is 3. The van der Waals surface area contributed by atoms with Gasteiger partial charge in [-0.3, -0.25) is 4.79 Å². The average molecular weight is 300 g/mol. The molecule has 2 aromatic rings. The first kappa shape index (κ1) is 15.7. The fraction of sp³-hybridized carbons (Fsp3) is 0.333. The van der Waals surface area contributed by atoms with Crippen LogP contribution in [0.2, 0.25) is 0 Å². The van der Waals surface area contributed by atoms with E-state index in [2.05, 4.69) is 31.1 Å². The second-order valence-corrected chi connectivity index (χ2v) is 4.78. The summed E-state index contributed by atoms with van der Waals surface area (Å²) < 4.78 is 0. The number of pyridine rings is 1. The maximum atomic E-state index is 11.1. The summed E-state index contributed by atoms with van der Waals surface area (Å²) >= 11 is 0. The van der Waals surface area contributed by atoms with Gasteiger partial charge in [-0.15, -0.1) is 10.2 Å². The van der Waals surface area contributed by atoms with Crippen molar-refractivity contribution in [3.05, 3.63) is 36.0 Å². The molecule has 0 bridgehead atoms. The van der Waals surface area contributed by atoms with Gasteiger partial charge >= 0.3 is 0 Å². The Kier molecular flexibility index (Phi) is 5.65. The van der Waals surface area contributed by atoms with Gasteiger partial charge in [-0.05, 0) is 30.7 Å². The minimum atomic E-state index is 0.0398. The monoisotopic (exact) mass is 300 g/mol. The molecule has 7 nitrogen and oxygen atoms in total. The summed E-state index contributed by atoms with van der Waals surface area (Å²) in [5, 5.41) is 17.1. The molecule has 0 fully saturated rings. The van der Waals surface area contributed by atoms with Crippen molar-refractivity contribution in [3.8, 4) is 0 Å². The Morgan fingerprint density at radius 1 is 1.05 bits per heavy atom. The van der Waals surface area contributed by atoms with Gasteiger partial charge in [-0.2, -0.15) is 0 Å². The number of amides is 1. The summed E-state index contributed by atoms with van der Waals surface area (Å²) in [5.74, 6) is 2.05. The van der Waals surface area contributed by atoms with Crippen LogP contribution in [-0.2, 0) is 4.79 Å². The zero-order valence-corrected chi connectivity index (χ0v) is 12.8. The van der Waals surface area contributed by atoms with E-state index in [-0.39, 0.29) is 5.91 Å². The third-order valence-corrected chi connectivity index (χ3v) is 2.91. The SMILES string of the molecule is CCC(=O)NCCNc1ccc(Nc2ccc(C)cn2)nn1. The quantitative estimate of drug-likeness (QED) is 0.676. The number of hydrogen-bond donors (Lipinski definition) is 3. The van der Waals surface area contributed by atoms with E-state index < -0.39 is 0 Å². The van der Waals surface area contributed by atoms with Gasteiger partial charge in [0.15, 0.2) is 5.82 Å². The molecule has 0 radical (unpaired) electrons. The predicted molar refractivity (Wildman–Crippen MR) is 86.1 cm³/mol. The lowest BCUT2D eigenvalue weighted by atomic mass is 10.3. The molecule has 2 rings (SSSR count). The first-order valence-corrected chi connectivity index (χ1v) is 7.21. The maximum absolute atomic E-state index is 11.1. The van der Waals surface area contributed by atoms with Crippen LogP contribution in [0.25, 0.3) is 0 Å². The Labute approximate surface area is 129 Å². The number of anilines is 3. The minimum absolute atomic E-state index is 0.0398. The third-order valence-electron chi connectivity index (χ3n) is 2.91. The topological polar surface area (TPSA) is 91.8 Å². The van der Waals surface area contributed by atoms with E-state index in [9.17, 15) is 4.79 Å². The molecule has 0 aliphatic carbocycles. The van der Waals surface area contributed by atoms with Gasteiger partial charge in [0.25, 0.3) is 0 Å². The van der Waals surface area contributed by atoms with Crippen molar-refractivity contribution in [3.63, 3.8) is 0 Å². The number of aryl methyl sites for hydroxylation is 1. The van der Waals surface area contributed by atoms with Crippen LogP contribution in [0, 0.1) is 6.92 Å². The summed E-state index contributed by atoms with van der Waals surface area (Å²) in [6.45, 7) is 4.97. The number of rotatable bonds is 7. The Morgan fingerprint density at radius 3 is 2.41 bits per heavy atom. The van der Waals surface area contributed by atoms with Gasteiger partial charge in [0.2, 0.25) is 5.91 Å². The lowest BCUT2D eigenvalue weighted by Crippen LogP contribution is -2.28. The molecular weight excluding hydrogens is 280 g/mol. The number of aromatic nitrogens is 3. The molecule has 3 N–H and O–H groups in total. The zero-order chi connectivity index (χ0) is 15.8. The molecule has 0 aromatic carbocycles. The van der Waals surface area contributed by atoms with Gasteiger partial charge in [0, 0.05) is 25.7 Å². The third kappa shape index (κ3) is 5.01. The van der Waals surface area contributed by atoms with Crippen molar-refractivity contribution in [2.24, 2.45) is 0 Å². The summed E-state index contributed by atoms with van der Waals surface area (Å²) in [7, 11) is 0. The molecule has 2 heterocycles. The molecular formula is C15H20N6O. The molecule has 0 aliphatic heterocycles. The second kappa shape index (κ2) is 7.92. The summed E-state index contributed by atoms with van der Waals surface area (Å²) in [5.41, 5.74) is 1.10. The molecule has 0 spiro atoms. The van der Waals surface area contributed by atoms with Crippen molar-refractivity contribution in [2.75, 3.05) is 23.7 Å². The standard InChI is InChI=1S/C15H20N6O/c1-3-15(22)17-9-8-16-13-6-7-14(21-20-13)19-12-5-4-11(2)10-18-12/h4-7,10H,3,8-9H2,1-2H3,(H,16,20)(H,17,22)(H,18,19,21). The van der Waals surface area contributed by atoms with Crippen LogP contribution < -0.4 is 16.0 Å². The predicted octanol–water partition coefficient (Wildman–Crippen LogP) is 1.86. The number of nitrogens with one attached hydrogen (secondary N) is 3. The average Bonchev–Trinajstić information content (AvgIpc) is 2.55. The summed E-state index contributed by atoms with van der Waals surface area (Å²) in [6.07, 6.45) is 2.28. The molecule has 2 aromatic heterocycles. The van der Waals surface area contributed by atoms with E-state index in [1.165, 1.54) is 0 Å². The maximum Gasteiger partial charge on any atom is 0.219 e. The number of hydrogen-bond acceptors (Lipinski definition) is 6. The van der Waals surface area contributed by atoms with Gasteiger partial charge in [-0.1, -0.05) is 13.0 Å². The van der Waals surface area contributed by atoms with E-state index >= 15 is 0 Å². The highest BCUT2D eigenvalue weighted by Gasteiger charge is 2.00. The van der Waals surface area contributed by atoms with E-state index in [1.54, 1.807) is 6.20 Å². The Morgan fingerprint density at radius 2 is 1.77 bits per heavy atom. The zero-order valence-electron chi connectivity index (χ0n) is 12.8. The van der Waals surface area contributed by atoms with Crippen molar-refractivity contribution < 1.29 is 4.79 Å². The fourth-order valence-electron chi connectivity index (χ4n) is 1.68. The van der Waals surface area contributed by atoms with Crippen molar-refractivity contribution in [1.29, 1.82) is 0 Å². The molecule has 7 heteroatoms. The van der Waals surface area contributed by atoms with Gasteiger partial charge in [0.05, 0.1) is 0 Å². The largest absolute Gasteiger partial charge is 0.367 e. The first-order chi connectivity index (χ1) is 10.7. The molecule has 116 valence electrons. The highest BCUT2D eigenvalue weighted by molar-refractivity contribution is 5.75. The highest BCUT2D eigenvalue weighted by atomic mass is 16.1. The van der Waals surface area contributed by atoms with Crippen molar-refractivity contribution >= 4 is 23.4 Å². The van der Waals surface area contributed by atoms with Crippen molar-refractivity contribution in [2.45, 2.75) is 20.3 Å². The van der Waals surface area contributed by atoms with E-state index in [0.29, 0.717) is 31.1 Å². The Bertz CT molecular complexity index is 596. The van der Waals surface area contributed by atoms with E-state index in [4.69, 9.17) is 0 Å². The van der Waals surface area contributed by atoms with Gasteiger partial charge in [-0.25, -0.2) is 4.98 Å². The molecule has 0 aliphatic rings. The normalized spacial score (nSPS) is 10.1. The fourth-order valence-corrected chi connectivity index (χ4v) is 1.68. The highest BCUT2D eigenvalue weighted by Crippen LogP contribution is 2.12. The van der Waals surface area contributed by atoms with Crippen LogP contribution in [0.3, 0.4) is 0 Å². The molecule has 0 saturated heterocycles. The van der Waals surface area contributed by atoms with Crippen LogP contribution in [0.15, 0.2) is 30.5 Å². The Balaban J connectivity index is 1.80. The van der Waals surface area contributed by atoms with E-state index in [0.717, 1.165) is 11.4 Å². The molecule has 1 amide bonds. The smallest absolute Gasteiger partial charge is 0.219 e. The van der Waals surface area contributed by atoms with Crippen LogP contribution in [0.5, 0.6) is 0 Å². The van der Waals surface area contributed by atoms with Crippen LogP contribution >= 0.6 is 0 Å². The number of carbonyl (C=O) groups excluding carboxylic acids is 1. The van der Waals surface area contributed by atoms with E-state index in [1.807, 2.05) is 38.1 Å². The summed E-state index contributed by atoms with van der Waals surface area (Å²) in [6, 6.07) is 7.51. The molecule has 22 heavy (non-hydrogen) atoms. The molecule has 0 saturated carbocycles. The summed E-state index contributed by atoms with van der Waals surface area (Å²) in [4.78, 5) is 15.3. The van der Waals surface area contributed by atoms with Gasteiger partial charge < -0.3 is 16.0 Å². The van der Waals surface area contributed by atoms with Crippen LogP contribution in [-0.4, -0.2) is 34.2 Å². The second-order valence-electron chi connectivity index (χ2n) is 4.78. The van der Waals surface area contributed by atoms with Crippen molar-refractivity contribution in [1.82, 2.24) is 20.5 Å². The lowest BCUT2D eigenvalue weighted by molar-refractivity contribution is -0.120. The first-order valence-electron chi connectivity index (χ1n) is 7.21. The van der Waals surface area contributed by atoms with Gasteiger partial charge in [0.1, 0.15) is 11.6 Å².